The summed E-state index contributed by atoms with van der Waals surface area (Å²) >= 11 is 0. The number of hydrogen-bond donors (Lipinski definition) is 2. The molecule has 158 valence electrons. The fourth-order valence-corrected chi connectivity index (χ4v) is 3.49. The van der Waals surface area contributed by atoms with Crippen molar-refractivity contribution in [3.63, 3.8) is 0 Å². The van der Waals surface area contributed by atoms with E-state index in [0.717, 1.165) is 16.9 Å². The molecule has 7 heteroatoms. The van der Waals surface area contributed by atoms with Gasteiger partial charge in [-0.25, -0.2) is 9.59 Å². The summed E-state index contributed by atoms with van der Waals surface area (Å²) in [7, 11) is 3.28. The summed E-state index contributed by atoms with van der Waals surface area (Å²) in [5, 5.41) is 5.63. The van der Waals surface area contributed by atoms with E-state index in [0.29, 0.717) is 31.0 Å². The van der Waals surface area contributed by atoms with Crippen LogP contribution in [0.2, 0.25) is 0 Å². The summed E-state index contributed by atoms with van der Waals surface area (Å²) in [5.74, 6) is 0.248. The lowest BCUT2D eigenvalue weighted by Crippen LogP contribution is -2.48. The molecule has 7 nitrogen and oxygen atoms in total. The predicted molar refractivity (Wildman–Crippen MR) is 114 cm³/mol. The van der Waals surface area contributed by atoms with Gasteiger partial charge in [0.2, 0.25) is 0 Å². The quantitative estimate of drug-likeness (QED) is 0.655. The zero-order valence-electron chi connectivity index (χ0n) is 17.5. The highest BCUT2D eigenvalue weighted by Gasteiger charge is 2.33. The normalized spacial score (nSPS) is 16.1. The maximum atomic E-state index is 12.7. The molecule has 0 fully saturated rings. The first kappa shape index (κ1) is 21.4. The van der Waals surface area contributed by atoms with Crippen LogP contribution >= 0.6 is 0 Å². The van der Waals surface area contributed by atoms with Gasteiger partial charge in [-0.15, -0.1) is 0 Å². The number of nitrogens with zero attached hydrogens (tertiary/aromatic N) is 1. The van der Waals surface area contributed by atoms with E-state index in [1.54, 1.807) is 0 Å². The Morgan fingerprint density at radius 3 is 2.40 bits per heavy atom. The number of carbonyl (C=O) groups is 2. The number of methoxy groups -OCH3 is 1. The summed E-state index contributed by atoms with van der Waals surface area (Å²) in [6, 6.07) is 16.4. The minimum atomic E-state index is -0.609. The van der Waals surface area contributed by atoms with Gasteiger partial charge in [0, 0.05) is 18.8 Å². The molecule has 1 atom stereocenters. The first-order valence-corrected chi connectivity index (χ1v) is 9.86. The van der Waals surface area contributed by atoms with Crippen LogP contribution in [0.4, 0.5) is 4.79 Å². The maximum absolute atomic E-state index is 12.7. The third-order valence-electron chi connectivity index (χ3n) is 4.81. The molecular formula is C23H27N3O4. The molecular weight excluding hydrogens is 382 g/mol. The highest BCUT2D eigenvalue weighted by molar-refractivity contribution is 5.95. The van der Waals surface area contributed by atoms with Gasteiger partial charge in [-0.3, -0.25) is 4.90 Å². The zero-order chi connectivity index (χ0) is 21.5. The number of nitrogens with one attached hydrogen (secondary N) is 2. The largest absolute Gasteiger partial charge is 0.494 e. The van der Waals surface area contributed by atoms with Crippen LogP contribution in [0.1, 0.15) is 24.1 Å². The lowest BCUT2D eigenvalue weighted by atomic mass is 9.95. The molecule has 0 saturated heterocycles. The van der Waals surface area contributed by atoms with Crippen LogP contribution in [0.5, 0.6) is 5.75 Å². The third-order valence-corrected chi connectivity index (χ3v) is 4.81. The topological polar surface area (TPSA) is 79.9 Å². The van der Waals surface area contributed by atoms with Gasteiger partial charge in [0.25, 0.3) is 0 Å². The van der Waals surface area contributed by atoms with Crippen LogP contribution in [0, 0.1) is 0 Å². The lowest BCUT2D eigenvalue weighted by Gasteiger charge is -2.31. The summed E-state index contributed by atoms with van der Waals surface area (Å²) in [6.07, 6.45) is 0. The smallest absolute Gasteiger partial charge is 0.338 e. The maximum Gasteiger partial charge on any atom is 0.338 e. The van der Waals surface area contributed by atoms with Gasteiger partial charge >= 0.3 is 12.0 Å². The summed E-state index contributed by atoms with van der Waals surface area (Å²) in [5.41, 5.74) is 2.84. The molecule has 0 aliphatic carbocycles. The number of esters is 1. The number of likely N-dealkylation sites (N-methyl/N-ethyl adjacent to an activating group) is 1. The van der Waals surface area contributed by atoms with Crippen molar-refractivity contribution in [3.05, 3.63) is 77.0 Å². The van der Waals surface area contributed by atoms with E-state index < -0.39 is 12.0 Å². The van der Waals surface area contributed by atoms with Gasteiger partial charge < -0.3 is 20.1 Å². The molecule has 1 unspecified atom stereocenters. The predicted octanol–water partition coefficient (Wildman–Crippen LogP) is 3.00. The average molecular weight is 409 g/mol. The summed E-state index contributed by atoms with van der Waals surface area (Å²) in [6.45, 7) is 3.54. The summed E-state index contributed by atoms with van der Waals surface area (Å²) in [4.78, 5) is 27.1. The molecule has 0 radical (unpaired) electrons. The number of benzene rings is 2. The second-order valence-electron chi connectivity index (χ2n) is 7.08. The second kappa shape index (κ2) is 9.93. The van der Waals surface area contributed by atoms with E-state index in [1.165, 1.54) is 7.11 Å². The van der Waals surface area contributed by atoms with Crippen molar-refractivity contribution >= 4 is 12.0 Å². The van der Waals surface area contributed by atoms with Crippen molar-refractivity contribution < 1.29 is 19.1 Å². The van der Waals surface area contributed by atoms with Crippen LogP contribution in [0.3, 0.4) is 0 Å². The monoisotopic (exact) mass is 409 g/mol. The molecule has 1 aliphatic heterocycles. The number of ether oxygens (including phenoxy) is 2. The van der Waals surface area contributed by atoms with Crippen molar-refractivity contribution in [2.75, 3.05) is 27.3 Å². The average Bonchev–Trinajstić information content (AvgIpc) is 2.74. The molecule has 2 aromatic carbocycles. The van der Waals surface area contributed by atoms with Gasteiger partial charge in [0.1, 0.15) is 5.75 Å². The molecule has 30 heavy (non-hydrogen) atoms. The second-order valence-corrected chi connectivity index (χ2v) is 7.08. The van der Waals surface area contributed by atoms with Crippen LogP contribution in [-0.4, -0.2) is 44.2 Å². The van der Waals surface area contributed by atoms with E-state index in [2.05, 4.69) is 10.6 Å². The van der Waals surface area contributed by atoms with Gasteiger partial charge in [-0.1, -0.05) is 42.5 Å². The van der Waals surface area contributed by atoms with Gasteiger partial charge in [-0.2, -0.15) is 0 Å². The van der Waals surface area contributed by atoms with Crippen molar-refractivity contribution in [1.82, 2.24) is 15.5 Å². The van der Waals surface area contributed by atoms with E-state index in [-0.39, 0.29) is 6.03 Å². The highest BCUT2D eigenvalue weighted by Crippen LogP contribution is 2.29. The highest BCUT2D eigenvalue weighted by atomic mass is 16.5. The first-order chi connectivity index (χ1) is 14.5. The van der Waals surface area contributed by atoms with Crippen LogP contribution in [0.15, 0.2) is 65.9 Å². The Kier molecular flexibility index (Phi) is 7.08. The molecule has 2 N–H and O–H groups in total. The van der Waals surface area contributed by atoms with Gasteiger partial charge in [0.15, 0.2) is 0 Å². The van der Waals surface area contributed by atoms with Crippen LogP contribution in [0.25, 0.3) is 0 Å². The molecule has 3 rings (SSSR count). The van der Waals surface area contributed by atoms with E-state index in [4.69, 9.17) is 9.47 Å². The van der Waals surface area contributed by atoms with Gasteiger partial charge in [-0.05, 0) is 37.2 Å². The molecule has 2 amide bonds. The van der Waals surface area contributed by atoms with Crippen LogP contribution < -0.4 is 15.4 Å². The van der Waals surface area contributed by atoms with E-state index in [9.17, 15) is 9.59 Å². The summed E-state index contributed by atoms with van der Waals surface area (Å²) < 4.78 is 10.5. The SMILES string of the molecule is CCOc1ccc(C2NC(=O)NC(CN(C)Cc3ccccc3)=C2C(=O)OC)cc1. The number of rotatable bonds is 8. The van der Waals surface area contributed by atoms with Crippen molar-refractivity contribution in [2.24, 2.45) is 0 Å². The van der Waals surface area contributed by atoms with Crippen molar-refractivity contribution in [1.29, 1.82) is 0 Å². The Morgan fingerprint density at radius 1 is 1.07 bits per heavy atom. The minimum absolute atomic E-state index is 0.357. The molecule has 1 heterocycles. The van der Waals surface area contributed by atoms with Gasteiger partial charge in [0.05, 0.1) is 25.3 Å². The standard InChI is InChI=1S/C23H27N3O4/c1-4-30-18-12-10-17(11-13-18)21-20(22(27)29-3)19(24-23(28)25-21)15-26(2)14-16-8-6-5-7-9-16/h5-13,21H,4,14-15H2,1-3H3,(H2,24,25,28). The van der Waals surface area contributed by atoms with Crippen molar-refractivity contribution in [2.45, 2.75) is 19.5 Å². The fourth-order valence-electron chi connectivity index (χ4n) is 3.49. The minimum Gasteiger partial charge on any atom is -0.494 e. The number of urea groups is 1. The van der Waals surface area contributed by atoms with E-state index >= 15 is 0 Å². The first-order valence-electron chi connectivity index (χ1n) is 9.86. The lowest BCUT2D eigenvalue weighted by molar-refractivity contribution is -0.136. The molecule has 0 aromatic heterocycles. The Hall–Kier alpha value is -3.32. The Balaban J connectivity index is 1.90. The molecule has 2 aromatic rings. The Bertz CT molecular complexity index is 910. The zero-order valence-corrected chi connectivity index (χ0v) is 17.5. The molecule has 0 bridgehead atoms. The van der Waals surface area contributed by atoms with Crippen molar-refractivity contribution in [3.8, 4) is 5.75 Å². The van der Waals surface area contributed by atoms with E-state index in [1.807, 2.05) is 73.5 Å². The molecule has 1 aliphatic rings. The number of amides is 2. The van der Waals surface area contributed by atoms with Crippen LogP contribution in [-0.2, 0) is 16.1 Å². The Labute approximate surface area is 176 Å². The molecule has 0 spiro atoms. The molecule has 0 saturated carbocycles. The fraction of sp³-hybridized carbons (Fsp3) is 0.304. The third kappa shape index (κ3) is 5.18. The number of carbonyl (C=O) groups excluding carboxylic acids is 2. The Morgan fingerprint density at radius 2 is 1.77 bits per heavy atom. The number of hydrogen-bond acceptors (Lipinski definition) is 5.